The summed E-state index contributed by atoms with van der Waals surface area (Å²) in [5.74, 6) is 0.235. The number of rotatable bonds is 3. The number of carbonyl (C=O) groups excluding carboxylic acids is 1. The molecule has 8 nitrogen and oxygen atoms in total. The molecule has 1 amide bonds. The van der Waals surface area contributed by atoms with Crippen LogP contribution in [0.3, 0.4) is 0 Å². The molecule has 25 heavy (non-hydrogen) atoms. The molecule has 0 radical (unpaired) electrons. The maximum atomic E-state index is 14.2. The Labute approximate surface area is 143 Å². The van der Waals surface area contributed by atoms with E-state index in [1.807, 2.05) is 0 Å². The van der Waals surface area contributed by atoms with E-state index in [9.17, 15) is 14.0 Å². The van der Waals surface area contributed by atoms with E-state index in [0.717, 1.165) is 5.56 Å². The first-order chi connectivity index (χ1) is 12.0. The molecule has 0 aromatic carbocycles. The van der Waals surface area contributed by atoms with E-state index in [2.05, 4.69) is 20.0 Å². The lowest BCUT2D eigenvalue weighted by molar-refractivity contribution is 0.130. The minimum atomic E-state index is -1.29. The van der Waals surface area contributed by atoms with E-state index in [1.54, 1.807) is 31.6 Å². The number of carbonyl (C=O) groups is 1. The average Bonchev–Trinajstić information content (AvgIpc) is 2.99. The zero-order valence-corrected chi connectivity index (χ0v) is 13.8. The van der Waals surface area contributed by atoms with Crippen molar-refractivity contribution in [3.05, 3.63) is 40.9 Å². The van der Waals surface area contributed by atoms with Gasteiger partial charge in [0, 0.05) is 37.6 Å². The molecule has 1 aliphatic rings. The highest BCUT2D eigenvalue weighted by molar-refractivity contribution is 5.68. The van der Waals surface area contributed by atoms with Gasteiger partial charge in [-0.1, -0.05) is 0 Å². The predicted molar refractivity (Wildman–Crippen MR) is 89.0 cm³/mol. The maximum Gasteiger partial charge on any atom is 0.409 e. The first kappa shape index (κ1) is 16.9. The Morgan fingerprint density at radius 1 is 1.36 bits per heavy atom. The second kappa shape index (κ2) is 6.88. The van der Waals surface area contributed by atoms with Crippen LogP contribution in [0, 0.1) is 0 Å². The first-order valence-corrected chi connectivity index (χ1v) is 7.71. The number of anilines is 1. The summed E-state index contributed by atoms with van der Waals surface area (Å²) in [5, 5.41) is 2.93. The van der Waals surface area contributed by atoms with Crippen molar-refractivity contribution in [2.75, 3.05) is 25.5 Å². The number of pyridine rings is 1. The monoisotopic (exact) mass is 347 g/mol. The number of likely N-dealkylation sites (tertiary alicyclic amines) is 1. The molecule has 9 heteroatoms. The molecule has 1 N–H and O–H groups in total. The van der Waals surface area contributed by atoms with E-state index in [0.29, 0.717) is 5.69 Å². The molecule has 2 atom stereocenters. The molecule has 0 spiro atoms. The summed E-state index contributed by atoms with van der Waals surface area (Å²) < 4.78 is 20.2. The average molecular weight is 347 g/mol. The van der Waals surface area contributed by atoms with Crippen LogP contribution in [-0.4, -0.2) is 57.9 Å². The fraction of sp³-hybridized carbons (Fsp3) is 0.375. The van der Waals surface area contributed by atoms with Crippen LogP contribution in [0.5, 0.6) is 0 Å². The second-order valence-corrected chi connectivity index (χ2v) is 5.74. The smallest absolute Gasteiger partial charge is 0.409 e. The Morgan fingerprint density at radius 2 is 2.08 bits per heavy atom. The lowest BCUT2D eigenvalue weighted by Gasteiger charge is -2.18. The van der Waals surface area contributed by atoms with E-state index >= 15 is 0 Å². The fourth-order valence-electron chi connectivity index (χ4n) is 2.68. The summed E-state index contributed by atoms with van der Waals surface area (Å²) in [4.78, 5) is 33.4. The van der Waals surface area contributed by atoms with Crippen molar-refractivity contribution >= 4 is 12.0 Å². The zero-order chi connectivity index (χ0) is 18.0. The molecule has 0 aliphatic carbocycles. The quantitative estimate of drug-likeness (QED) is 0.892. The number of alkyl halides is 1. The first-order valence-electron chi connectivity index (χ1n) is 7.71. The van der Waals surface area contributed by atoms with Gasteiger partial charge in [-0.15, -0.1) is 0 Å². The van der Waals surface area contributed by atoms with E-state index < -0.39 is 18.3 Å². The van der Waals surface area contributed by atoms with Crippen molar-refractivity contribution in [3.63, 3.8) is 0 Å². The number of nitrogens with zero attached hydrogens (tertiary/aromatic N) is 4. The maximum absolute atomic E-state index is 14.2. The van der Waals surface area contributed by atoms with E-state index in [1.165, 1.54) is 22.6 Å². The summed E-state index contributed by atoms with van der Waals surface area (Å²) in [6, 6.07) is 4.20. The lowest BCUT2D eigenvalue weighted by Crippen LogP contribution is -2.34. The van der Waals surface area contributed by atoms with Crippen LogP contribution < -0.4 is 10.9 Å². The summed E-state index contributed by atoms with van der Waals surface area (Å²) in [6.45, 7) is 0.0610. The molecular formula is C16H18FN5O3. The molecule has 1 aliphatic heterocycles. The number of ether oxygens (including phenoxy) is 1. The van der Waals surface area contributed by atoms with Crippen LogP contribution in [0.4, 0.5) is 15.1 Å². The number of methoxy groups -OCH3 is 1. The Balaban J connectivity index is 1.86. The summed E-state index contributed by atoms with van der Waals surface area (Å²) in [5.41, 5.74) is 0.920. The van der Waals surface area contributed by atoms with Gasteiger partial charge in [-0.2, -0.15) is 0 Å². The second-order valence-electron chi connectivity index (χ2n) is 5.74. The van der Waals surface area contributed by atoms with Gasteiger partial charge in [0.15, 0.2) is 0 Å². The van der Waals surface area contributed by atoms with Gasteiger partial charge in [0.2, 0.25) is 5.95 Å². The summed E-state index contributed by atoms with van der Waals surface area (Å²) >= 11 is 0. The van der Waals surface area contributed by atoms with Gasteiger partial charge >= 0.3 is 6.09 Å². The number of hydrogen-bond donors (Lipinski definition) is 1. The van der Waals surface area contributed by atoms with Gasteiger partial charge in [0.05, 0.1) is 25.4 Å². The Morgan fingerprint density at radius 3 is 2.76 bits per heavy atom. The van der Waals surface area contributed by atoms with Crippen molar-refractivity contribution in [1.82, 2.24) is 19.4 Å². The van der Waals surface area contributed by atoms with Gasteiger partial charge in [-0.05, 0) is 12.1 Å². The standard InChI is InChI=1S/C16H18FN5O3/c1-21-14(23)7-12(10-3-5-18-6-4-10)19-15(21)20-13-9-22(8-11(13)17)16(24)25-2/h3-7,11,13H,8-9H2,1-2H3,(H,19,20)/t11-,13+/m0/s1. The minimum absolute atomic E-state index is 0.0671. The molecule has 3 heterocycles. The lowest BCUT2D eigenvalue weighted by atomic mass is 10.2. The molecule has 0 bridgehead atoms. The SMILES string of the molecule is COC(=O)N1C[C@H](F)[C@H](Nc2nc(-c3ccncc3)cc(=O)n2C)C1. The Hall–Kier alpha value is -2.97. The van der Waals surface area contributed by atoms with Crippen LogP contribution in [0.1, 0.15) is 0 Å². The van der Waals surface area contributed by atoms with Crippen molar-refractivity contribution in [2.45, 2.75) is 12.2 Å². The molecule has 1 fully saturated rings. The van der Waals surface area contributed by atoms with Crippen molar-refractivity contribution in [1.29, 1.82) is 0 Å². The van der Waals surface area contributed by atoms with Gasteiger partial charge in [0.25, 0.3) is 5.56 Å². The molecular weight excluding hydrogens is 329 g/mol. The number of nitrogens with one attached hydrogen (secondary N) is 1. The molecule has 2 aromatic heterocycles. The number of hydrogen-bond acceptors (Lipinski definition) is 6. The van der Waals surface area contributed by atoms with Gasteiger partial charge in [-0.3, -0.25) is 14.3 Å². The normalized spacial score (nSPS) is 19.7. The summed E-state index contributed by atoms with van der Waals surface area (Å²) in [6.07, 6.45) is 1.33. The van der Waals surface area contributed by atoms with Crippen LogP contribution in [-0.2, 0) is 11.8 Å². The van der Waals surface area contributed by atoms with Crippen molar-refractivity contribution < 1.29 is 13.9 Å². The third-order valence-electron chi connectivity index (χ3n) is 4.11. The van der Waals surface area contributed by atoms with Gasteiger partial charge in [0.1, 0.15) is 6.17 Å². The van der Waals surface area contributed by atoms with Crippen LogP contribution in [0.15, 0.2) is 35.4 Å². The predicted octanol–water partition coefficient (Wildman–Crippen LogP) is 1.04. The molecule has 0 unspecified atom stereocenters. The van der Waals surface area contributed by atoms with Gasteiger partial charge in [-0.25, -0.2) is 14.2 Å². The summed E-state index contributed by atoms with van der Waals surface area (Å²) in [7, 11) is 2.80. The highest BCUT2D eigenvalue weighted by Crippen LogP contribution is 2.20. The highest BCUT2D eigenvalue weighted by Gasteiger charge is 2.36. The minimum Gasteiger partial charge on any atom is -0.453 e. The highest BCUT2D eigenvalue weighted by atomic mass is 19.1. The third-order valence-corrected chi connectivity index (χ3v) is 4.11. The molecule has 3 rings (SSSR count). The molecule has 132 valence electrons. The van der Waals surface area contributed by atoms with Gasteiger partial charge < -0.3 is 15.0 Å². The van der Waals surface area contributed by atoms with E-state index in [4.69, 9.17) is 0 Å². The third kappa shape index (κ3) is 3.44. The fourth-order valence-corrected chi connectivity index (χ4v) is 2.68. The van der Waals surface area contributed by atoms with Crippen LogP contribution in [0.25, 0.3) is 11.3 Å². The van der Waals surface area contributed by atoms with Crippen molar-refractivity contribution in [3.8, 4) is 11.3 Å². The molecule has 1 saturated heterocycles. The number of aromatic nitrogens is 3. The zero-order valence-electron chi connectivity index (χ0n) is 13.8. The number of halogens is 1. The van der Waals surface area contributed by atoms with Crippen molar-refractivity contribution in [2.24, 2.45) is 7.05 Å². The van der Waals surface area contributed by atoms with Crippen LogP contribution in [0.2, 0.25) is 0 Å². The van der Waals surface area contributed by atoms with E-state index in [-0.39, 0.29) is 24.6 Å². The molecule has 2 aromatic rings. The van der Waals surface area contributed by atoms with Crippen LogP contribution >= 0.6 is 0 Å². The molecule has 0 saturated carbocycles. The Kier molecular flexibility index (Phi) is 4.64. The number of amides is 1. The Bertz CT molecular complexity index is 826. The largest absolute Gasteiger partial charge is 0.453 e. The topological polar surface area (TPSA) is 89.3 Å².